The van der Waals surface area contributed by atoms with Gasteiger partial charge in [0.25, 0.3) is 0 Å². The van der Waals surface area contributed by atoms with Gasteiger partial charge in [0.2, 0.25) is 0 Å². The summed E-state index contributed by atoms with van der Waals surface area (Å²) in [5.41, 5.74) is 0.966. The van der Waals surface area contributed by atoms with E-state index < -0.39 is 9.84 Å². The molecule has 1 aromatic rings. The summed E-state index contributed by atoms with van der Waals surface area (Å²) >= 11 is 0. The third kappa shape index (κ3) is 3.75. The van der Waals surface area contributed by atoms with Crippen LogP contribution in [0.2, 0.25) is 0 Å². The van der Waals surface area contributed by atoms with E-state index >= 15 is 0 Å². The van der Waals surface area contributed by atoms with Crippen LogP contribution in [0.1, 0.15) is 13.3 Å². The summed E-state index contributed by atoms with van der Waals surface area (Å²) < 4.78 is 23.7. The van der Waals surface area contributed by atoms with Gasteiger partial charge in [-0.2, -0.15) is 0 Å². The summed E-state index contributed by atoms with van der Waals surface area (Å²) in [5.74, 6) is 0.109. The average molecular weight is 312 g/mol. The molecule has 0 radical (unpaired) electrons. The molecular formula is C15H24N2O3S. The SMILES string of the molecule is CCS(=O)(=O)c1ccc(N2CC(O)CC2CN(C)C)cc1. The molecule has 1 N–H and O–H groups in total. The fourth-order valence-electron chi connectivity index (χ4n) is 2.81. The Balaban J connectivity index is 2.21. The van der Waals surface area contributed by atoms with Crippen molar-refractivity contribution in [3.63, 3.8) is 0 Å². The van der Waals surface area contributed by atoms with Crippen molar-refractivity contribution in [3.05, 3.63) is 24.3 Å². The van der Waals surface area contributed by atoms with E-state index in [0.717, 1.165) is 18.7 Å². The third-order valence-electron chi connectivity index (χ3n) is 3.88. The van der Waals surface area contributed by atoms with Gasteiger partial charge in [-0.25, -0.2) is 8.42 Å². The zero-order valence-corrected chi connectivity index (χ0v) is 13.7. The fraction of sp³-hybridized carbons (Fsp3) is 0.600. The highest BCUT2D eigenvalue weighted by atomic mass is 32.2. The normalized spacial score (nSPS) is 23.0. The molecule has 21 heavy (non-hydrogen) atoms. The van der Waals surface area contributed by atoms with Crippen LogP contribution in [0.3, 0.4) is 0 Å². The zero-order chi connectivity index (χ0) is 15.6. The molecule has 0 amide bonds. The minimum Gasteiger partial charge on any atom is -0.391 e. The Bertz CT molecular complexity index is 569. The predicted octanol–water partition coefficient (Wildman–Crippen LogP) is 0.981. The third-order valence-corrected chi connectivity index (χ3v) is 5.63. The molecule has 5 nitrogen and oxygen atoms in total. The van der Waals surface area contributed by atoms with Crippen molar-refractivity contribution in [2.24, 2.45) is 0 Å². The summed E-state index contributed by atoms with van der Waals surface area (Å²) in [6.45, 7) is 3.11. The second-order valence-electron chi connectivity index (χ2n) is 5.86. The standard InChI is InChI=1S/C15H24N2O3S/c1-4-21(19,20)15-7-5-12(6-8-15)17-11-14(18)9-13(17)10-16(2)3/h5-8,13-14,18H,4,9-11H2,1-3H3. The molecule has 6 heteroatoms. The van der Waals surface area contributed by atoms with E-state index in [4.69, 9.17) is 0 Å². The first kappa shape index (κ1) is 16.3. The molecule has 1 aromatic carbocycles. The molecule has 1 aliphatic rings. The number of anilines is 1. The highest BCUT2D eigenvalue weighted by Crippen LogP contribution is 2.27. The van der Waals surface area contributed by atoms with Crippen molar-refractivity contribution in [3.8, 4) is 0 Å². The van der Waals surface area contributed by atoms with Crippen LogP contribution >= 0.6 is 0 Å². The van der Waals surface area contributed by atoms with Crippen LogP contribution in [0, 0.1) is 0 Å². The van der Waals surface area contributed by atoms with Gasteiger partial charge in [0.1, 0.15) is 0 Å². The van der Waals surface area contributed by atoms with Crippen molar-refractivity contribution in [2.45, 2.75) is 30.4 Å². The quantitative estimate of drug-likeness (QED) is 0.878. The molecule has 1 fully saturated rings. The number of hydrogen-bond donors (Lipinski definition) is 1. The molecule has 118 valence electrons. The first-order chi connectivity index (χ1) is 9.83. The van der Waals surface area contributed by atoms with Gasteiger partial charge in [-0.05, 0) is 44.8 Å². The first-order valence-electron chi connectivity index (χ1n) is 7.25. The van der Waals surface area contributed by atoms with E-state index in [2.05, 4.69) is 9.80 Å². The first-order valence-corrected chi connectivity index (χ1v) is 8.91. The maximum atomic E-state index is 11.8. The lowest BCUT2D eigenvalue weighted by Gasteiger charge is -2.28. The van der Waals surface area contributed by atoms with E-state index in [-0.39, 0.29) is 17.9 Å². The summed E-state index contributed by atoms with van der Waals surface area (Å²) in [6.07, 6.45) is 0.418. The molecule has 1 saturated heterocycles. The van der Waals surface area contributed by atoms with Gasteiger partial charge in [0, 0.05) is 24.8 Å². The van der Waals surface area contributed by atoms with Crippen molar-refractivity contribution in [1.29, 1.82) is 0 Å². The van der Waals surface area contributed by atoms with E-state index in [1.165, 1.54) is 0 Å². The minimum absolute atomic E-state index is 0.109. The van der Waals surface area contributed by atoms with Gasteiger partial charge in [-0.1, -0.05) is 6.92 Å². The molecule has 0 saturated carbocycles. The highest BCUT2D eigenvalue weighted by Gasteiger charge is 2.31. The molecule has 0 aliphatic carbocycles. The number of likely N-dealkylation sites (N-methyl/N-ethyl adjacent to an activating group) is 1. The molecule has 2 atom stereocenters. The van der Waals surface area contributed by atoms with Crippen molar-refractivity contribution >= 4 is 15.5 Å². The van der Waals surface area contributed by atoms with Crippen LogP contribution in [0.15, 0.2) is 29.2 Å². The maximum Gasteiger partial charge on any atom is 0.178 e. The summed E-state index contributed by atoms with van der Waals surface area (Å²) in [4.78, 5) is 4.62. The molecule has 0 bridgehead atoms. The van der Waals surface area contributed by atoms with Crippen LogP contribution in [0.5, 0.6) is 0 Å². The molecule has 2 rings (SSSR count). The number of β-amino-alcohol motifs (C(OH)–C–C–N with tert-alkyl or cyclic N) is 1. The van der Waals surface area contributed by atoms with Gasteiger partial charge < -0.3 is 14.9 Å². The van der Waals surface area contributed by atoms with Crippen LogP contribution in [0.25, 0.3) is 0 Å². The molecule has 2 unspecified atom stereocenters. The van der Waals surface area contributed by atoms with E-state index in [1.807, 2.05) is 26.2 Å². The Hall–Kier alpha value is -1.11. The Morgan fingerprint density at radius 3 is 2.43 bits per heavy atom. The molecule has 1 heterocycles. The molecule has 0 aromatic heterocycles. The van der Waals surface area contributed by atoms with Crippen LogP contribution in [-0.4, -0.2) is 63.5 Å². The highest BCUT2D eigenvalue weighted by molar-refractivity contribution is 7.91. The number of sulfone groups is 1. The molecule has 1 aliphatic heterocycles. The number of nitrogens with zero attached hydrogens (tertiary/aromatic N) is 2. The smallest absolute Gasteiger partial charge is 0.178 e. The lowest BCUT2D eigenvalue weighted by molar-refractivity contribution is 0.191. The number of hydrogen-bond acceptors (Lipinski definition) is 5. The van der Waals surface area contributed by atoms with Gasteiger partial charge in [0.05, 0.1) is 16.8 Å². The molecule has 0 spiro atoms. The number of aliphatic hydroxyl groups excluding tert-OH is 1. The van der Waals surface area contributed by atoms with Gasteiger partial charge in [-0.3, -0.25) is 0 Å². The monoisotopic (exact) mass is 312 g/mol. The fourth-order valence-corrected chi connectivity index (χ4v) is 3.70. The Kier molecular flexibility index (Phi) is 4.91. The van der Waals surface area contributed by atoms with Crippen LogP contribution in [-0.2, 0) is 9.84 Å². The maximum absolute atomic E-state index is 11.8. The van der Waals surface area contributed by atoms with Crippen molar-refractivity contribution in [2.75, 3.05) is 37.8 Å². The van der Waals surface area contributed by atoms with Gasteiger partial charge in [0.15, 0.2) is 9.84 Å². The second-order valence-corrected chi connectivity index (χ2v) is 8.13. The Morgan fingerprint density at radius 2 is 1.90 bits per heavy atom. The largest absolute Gasteiger partial charge is 0.391 e. The van der Waals surface area contributed by atoms with Gasteiger partial charge in [-0.15, -0.1) is 0 Å². The number of benzene rings is 1. The number of rotatable bonds is 5. The van der Waals surface area contributed by atoms with E-state index in [0.29, 0.717) is 11.4 Å². The van der Waals surface area contributed by atoms with E-state index in [1.54, 1.807) is 19.1 Å². The summed E-state index contributed by atoms with van der Waals surface area (Å²) in [5, 5.41) is 9.91. The average Bonchev–Trinajstić information content (AvgIpc) is 2.79. The van der Waals surface area contributed by atoms with Crippen LogP contribution in [0.4, 0.5) is 5.69 Å². The van der Waals surface area contributed by atoms with Crippen molar-refractivity contribution < 1.29 is 13.5 Å². The van der Waals surface area contributed by atoms with Crippen molar-refractivity contribution in [1.82, 2.24) is 4.90 Å². The van der Waals surface area contributed by atoms with E-state index in [9.17, 15) is 13.5 Å². The second kappa shape index (κ2) is 6.34. The lowest BCUT2D eigenvalue weighted by Crippen LogP contribution is -2.37. The van der Waals surface area contributed by atoms with Crippen LogP contribution < -0.4 is 4.90 Å². The summed E-state index contributed by atoms with van der Waals surface area (Å²) in [7, 11) is 0.869. The zero-order valence-electron chi connectivity index (χ0n) is 12.9. The predicted molar refractivity (Wildman–Crippen MR) is 84.5 cm³/mol. The molecular weight excluding hydrogens is 288 g/mol. The van der Waals surface area contributed by atoms with Gasteiger partial charge >= 0.3 is 0 Å². The topological polar surface area (TPSA) is 60.9 Å². The lowest BCUT2D eigenvalue weighted by atomic mass is 10.2. The Labute approximate surface area is 127 Å². The minimum atomic E-state index is -3.16. The number of aliphatic hydroxyl groups is 1. The Morgan fingerprint density at radius 1 is 1.29 bits per heavy atom. The summed E-state index contributed by atoms with van der Waals surface area (Å²) in [6, 6.07) is 7.24.